The van der Waals surface area contributed by atoms with Crippen molar-refractivity contribution in [2.75, 3.05) is 19.8 Å². The second-order valence-electron chi connectivity index (χ2n) is 12.8. The van der Waals surface area contributed by atoms with Crippen molar-refractivity contribution in [1.82, 2.24) is 15.5 Å². The molecule has 3 unspecified atom stereocenters. The lowest BCUT2D eigenvalue weighted by Crippen LogP contribution is -2.58. The molecule has 5 N–H and O–H groups in total. The fourth-order valence-electron chi connectivity index (χ4n) is 5.33. The van der Waals surface area contributed by atoms with Crippen LogP contribution in [0.2, 0.25) is 0 Å². The zero-order valence-corrected chi connectivity index (χ0v) is 29.2. The molecule has 1 saturated heterocycles. The van der Waals surface area contributed by atoms with Crippen LogP contribution in [0.5, 0.6) is 0 Å². The summed E-state index contributed by atoms with van der Waals surface area (Å²) in [5.74, 6) is 2.07. The van der Waals surface area contributed by atoms with Gasteiger partial charge in [-0.2, -0.15) is 0 Å². The van der Waals surface area contributed by atoms with E-state index in [1.165, 1.54) is 11.2 Å². The highest BCUT2D eigenvalue weighted by molar-refractivity contribution is 7.87. The van der Waals surface area contributed by atoms with Crippen LogP contribution in [0.3, 0.4) is 0 Å². The Morgan fingerprint density at radius 2 is 1.79 bits per heavy atom. The maximum Gasteiger partial charge on any atom is 0.245 e. The number of rotatable bonds is 12. The molecule has 1 aliphatic heterocycles. The Balaban J connectivity index is 1.58. The van der Waals surface area contributed by atoms with Crippen LogP contribution in [-0.4, -0.2) is 93.9 Å². The first-order valence-electron chi connectivity index (χ1n) is 15.8. The van der Waals surface area contributed by atoms with Gasteiger partial charge in [-0.25, -0.2) is 0 Å². The van der Waals surface area contributed by atoms with Crippen LogP contribution < -0.4 is 10.6 Å². The number of carbonyl (C=O) groups excluding carboxylic acids is 2. The zero-order valence-electron chi connectivity index (χ0n) is 28.4. The van der Waals surface area contributed by atoms with Gasteiger partial charge in [0.05, 0.1) is 6.54 Å². The maximum atomic E-state index is 12.9. The third kappa shape index (κ3) is 10.2. The SMILES string of the molecule is C#CCN(C)C(C)C(C)NC(=O)C(C)(C)NC(=O)C/C=C/c1ccc(Cc2cc([C@@H]3OC(C#SC)[C@@H](O)[C@H](O)[C@H]3O)ccc2C)cc1. The fourth-order valence-corrected chi connectivity index (χ4v) is 5.76. The fraction of sp³-hybridized carbons (Fsp3) is 0.486. The standard InChI is InChI=1S/C37H49N3O6S/c1-9-19-40(7)25(4)24(3)38-36(45)37(5,6)39-31(41)12-10-11-26-14-16-27(17-15-26)20-29-21-28(18-13-23(29)2)35-34(44)33(43)32(42)30(46-35)22-47-8/h1,10-11,13-18,21,24-25,30,32-35,42-44H,12,19-20H2,2-8H3,(H,38,45)(H,39,41)/b11-10+/t24?,25?,30?,32-,33+,34-,35+/m1/s1. The van der Waals surface area contributed by atoms with E-state index in [0.29, 0.717) is 18.5 Å². The lowest BCUT2D eigenvalue weighted by Gasteiger charge is -2.39. The normalized spacial score (nSPS) is 22.6. The second kappa shape index (κ2) is 17.0. The third-order valence-corrected chi connectivity index (χ3v) is 9.14. The number of benzene rings is 2. The molecule has 1 fully saturated rings. The van der Waals surface area contributed by atoms with Gasteiger partial charge in [0.15, 0.2) is 0 Å². The van der Waals surface area contributed by atoms with Crippen LogP contribution in [-0.2, 0) is 20.7 Å². The van der Waals surface area contributed by atoms with E-state index in [0.717, 1.165) is 22.3 Å². The average Bonchev–Trinajstić information content (AvgIpc) is 3.02. The van der Waals surface area contributed by atoms with Crippen molar-refractivity contribution in [1.29, 1.82) is 0 Å². The van der Waals surface area contributed by atoms with E-state index in [1.54, 1.807) is 26.2 Å². The summed E-state index contributed by atoms with van der Waals surface area (Å²) in [5.41, 5.74) is 3.75. The largest absolute Gasteiger partial charge is 0.387 e. The number of amides is 2. The van der Waals surface area contributed by atoms with Crippen molar-refractivity contribution in [2.24, 2.45) is 0 Å². The first kappa shape index (κ1) is 37.9. The number of aliphatic hydroxyl groups excluding tert-OH is 3. The minimum atomic E-state index is -1.35. The molecule has 1 aliphatic rings. The third-order valence-electron chi connectivity index (χ3n) is 8.67. The molecule has 0 aromatic heterocycles. The van der Waals surface area contributed by atoms with Gasteiger partial charge in [-0.05, 0) is 75.9 Å². The predicted octanol–water partition coefficient (Wildman–Crippen LogP) is 3.19. The van der Waals surface area contributed by atoms with Gasteiger partial charge in [0.25, 0.3) is 0 Å². The van der Waals surface area contributed by atoms with Crippen LogP contribution in [0, 0.1) is 24.5 Å². The molecule has 9 nitrogen and oxygen atoms in total. The zero-order chi connectivity index (χ0) is 34.9. The van der Waals surface area contributed by atoms with E-state index in [-0.39, 0.29) is 30.3 Å². The first-order valence-corrected chi connectivity index (χ1v) is 17.0. The van der Waals surface area contributed by atoms with Crippen LogP contribution >= 0.6 is 11.2 Å². The molecule has 0 radical (unpaired) electrons. The second-order valence-corrected chi connectivity index (χ2v) is 13.4. The van der Waals surface area contributed by atoms with E-state index >= 15 is 0 Å². The summed E-state index contributed by atoms with van der Waals surface area (Å²) in [4.78, 5) is 27.6. The number of terminal acetylenes is 1. The Bertz CT molecular complexity index is 1520. The van der Waals surface area contributed by atoms with Crippen molar-refractivity contribution in [3.8, 4) is 17.5 Å². The molecule has 0 saturated carbocycles. The van der Waals surface area contributed by atoms with Gasteiger partial charge in [-0.1, -0.05) is 65.7 Å². The number of likely N-dealkylation sites (N-methyl/N-ethyl adjacent to an activating group) is 1. The Labute approximate surface area is 283 Å². The predicted molar refractivity (Wildman–Crippen MR) is 188 cm³/mol. The molecule has 2 aromatic rings. The lowest BCUT2D eigenvalue weighted by molar-refractivity contribution is -0.209. The smallest absolute Gasteiger partial charge is 0.245 e. The Hall–Kier alpha value is -3.52. The summed E-state index contributed by atoms with van der Waals surface area (Å²) in [6.45, 7) is 9.75. The highest BCUT2D eigenvalue weighted by Gasteiger charge is 2.43. The topological polar surface area (TPSA) is 131 Å². The van der Waals surface area contributed by atoms with Crippen molar-refractivity contribution < 1.29 is 29.6 Å². The van der Waals surface area contributed by atoms with Crippen LogP contribution in [0.4, 0.5) is 0 Å². The minimum absolute atomic E-state index is 0.0246. The van der Waals surface area contributed by atoms with Gasteiger partial charge in [0.2, 0.25) is 11.8 Å². The van der Waals surface area contributed by atoms with Crippen LogP contribution in [0.15, 0.2) is 48.5 Å². The van der Waals surface area contributed by atoms with Gasteiger partial charge >= 0.3 is 0 Å². The van der Waals surface area contributed by atoms with Crippen LogP contribution in [0.25, 0.3) is 6.08 Å². The van der Waals surface area contributed by atoms with Gasteiger partial charge in [0, 0.05) is 24.8 Å². The van der Waals surface area contributed by atoms with Crippen molar-refractivity contribution >= 4 is 29.1 Å². The van der Waals surface area contributed by atoms with Crippen molar-refractivity contribution in [2.45, 2.75) is 95.6 Å². The van der Waals surface area contributed by atoms with E-state index < -0.39 is 36.1 Å². The number of aryl methyl sites for hydroxylation is 1. The van der Waals surface area contributed by atoms with Crippen LogP contribution in [0.1, 0.15) is 68.0 Å². The van der Waals surface area contributed by atoms with E-state index in [1.807, 2.05) is 81.3 Å². The molecular formula is C37H49N3O6S. The molecule has 47 heavy (non-hydrogen) atoms. The summed E-state index contributed by atoms with van der Waals surface area (Å²) in [6, 6.07) is 13.7. The Morgan fingerprint density at radius 1 is 1.11 bits per heavy atom. The molecule has 2 aromatic carbocycles. The quantitative estimate of drug-likeness (QED) is 0.221. The summed E-state index contributed by atoms with van der Waals surface area (Å²) in [6.07, 6.45) is 6.08. The molecule has 10 heteroatoms. The summed E-state index contributed by atoms with van der Waals surface area (Å²) >= 11 is 1.26. The number of carbonyl (C=O) groups is 2. The summed E-state index contributed by atoms with van der Waals surface area (Å²) < 4.78 is 5.95. The number of hydrogen-bond donors (Lipinski definition) is 5. The maximum absolute atomic E-state index is 12.9. The summed E-state index contributed by atoms with van der Waals surface area (Å²) in [7, 11) is 1.90. The lowest BCUT2D eigenvalue weighted by atomic mass is 9.89. The molecule has 2 amide bonds. The summed E-state index contributed by atoms with van der Waals surface area (Å²) in [5, 5.41) is 40.1. The Morgan fingerprint density at radius 3 is 2.43 bits per heavy atom. The highest BCUT2D eigenvalue weighted by Crippen LogP contribution is 2.33. The van der Waals surface area contributed by atoms with E-state index in [9.17, 15) is 24.9 Å². The molecule has 0 bridgehead atoms. The van der Waals surface area contributed by atoms with E-state index in [2.05, 4.69) is 21.7 Å². The number of aliphatic hydroxyl groups is 3. The number of ether oxygens (including phenoxy) is 1. The molecule has 7 atom stereocenters. The molecule has 0 spiro atoms. The number of nitrogens with zero attached hydrogens (tertiary/aromatic N) is 1. The molecule has 254 valence electrons. The monoisotopic (exact) mass is 663 g/mol. The Kier molecular flexibility index (Phi) is 13.8. The average molecular weight is 664 g/mol. The van der Waals surface area contributed by atoms with Crippen molar-refractivity contribution in [3.05, 3.63) is 76.4 Å². The molecular weight excluding hydrogens is 614 g/mol. The molecule has 3 rings (SSSR count). The van der Waals surface area contributed by atoms with Gasteiger partial charge < -0.3 is 30.7 Å². The number of nitrogens with one attached hydrogen (secondary N) is 2. The van der Waals surface area contributed by atoms with Gasteiger partial charge in [-0.15, -0.1) is 17.6 Å². The van der Waals surface area contributed by atoms with Gasteiger partial charge in [0.1, 0.15) is 36.1 Å². The van der Waals surface area contributed by atoms with Crippen molar-refractivity contribution in [3.63, 3.8) is 0 Å². The van der Waals surface area contributed by atoms with Gasteiger partial charge in [-0.3, -0.25) is 14.5 Å². The number of hydrogen-bond acceptors (Lipinski definition) is 7. The highest BCUT2D eigenvalue weighted by atomic mass is 32.1. The molecule has 1 heterocycles. The minimum Gasteiger partial charge on any atom is -0.387 e. The first-order chi connectivity index (χ1) is 22.2. The molecule has 0 aliphatic carbocycles. The van der Waals surface area contributed by atoms with E-state index in [4.69, 9.17) is 11.2 Å².